The molecule has 0 spiro atoms. The van der Waals surface area contributed by atoms with E-state index in [9.17, 15) is 5.11 Å². The summed E-state index contributed by atoms with van der Waals surface area (Å²) in [7, 11) is 0. The Kier molecular flexibility index (Phi) is 2.09. The maximum absolute atomic E-state index is 9.54. The van der Waals surface area contributed by atoms with Gasteiger partial charge in [-0.1, -0.05) is 12.2 Å². The molecule has 12 heavy (non-hydrogen) atoms. The van der Waals surface area contributed by atoms with Crippen molar-refractivity contribution in [1.29, 1.82) is 0 Å². The molecule has 0 aromatic rings. The van der Waals surface area contributed by atoms with Gasteiger partial charge in [0, 0.05) is 0 Å². The predicted octanol–water partition coefficient (Wildman–Crippen LogP) is -1.09. The van der Waals surface area contributed by atoms with Crippen LogP contribution in [0.15, 0.2) is 24.3 Å². The van der Waals surface area contributed by atoms with E-state index in [4.69, 9.17) is 15.3 Å². The summed E-state index contributed by atoms with van der Waals surface area (Å²) >= 11 is 0. The fraction of sp³-hybridized carbons (Fsp3) is 0.500. The molecule has 1 rings (SSSR count). The fourth-order valence-electron chi connectivity index (χ4n) is 0.926. The van der Waals surface area contributed by atoms with Gasteiger partial charge >= 0.3 is 0 Å². The molecule has 4 heteroatoms. The topological polar surface area (TPSA) is 80.9 Å². The van der Waals surface area contributed by atoms with Crippen molar-refractivity contribution in [2.24, 2.45) is 0 Å². The summed E-state index contributed by atoms with van der Waals surface area (Å²) < 4.78 is 0. The Balaban J connectivity index is 2.89. The van der Waals surface area contributed by atoms with E-state index in [1.807, 2.05) is 0 Å². The maximum Gasteiger partial charge on any atom is 0.196 e. The van der Waals surface area contributed by atoms with Crippen LogP contribution in [0.5, 0.6) is 0 Å². The lowest BCUT2D eigenvalue weighted by Gasteiger charge is -2.33. The van der Waals surface area contributed by atoms with Crippen LogP contribution in [0.2, 0.25) is 0 Å². The minimum Gasteiger partial charge on any atom is -0.385 e. The average molecular weight is 172 g/mol. The van der Waals surface area contributed by atoms with E-state index >= 15 is 0 Å². The van der Waals surface area contributed by atoms with Crippen molar-refractivity contribution in [1.82, 2.24) is 0 Å². The van der Waals surface area contributed by atoms with E-state index < -0.39 is 17.5 Å². The van der Waals surface area contributed by atoms with Crippen molar-refractivity contribution in [3.8, 4) is 0 Å². The van der Waals surface area contributed by atoms with Crippen LogP contribution in [-0.4, -0.2) is 37.9 Å². The summed E-state index contributed by atoms with van der Waals surface area (Å²) in [6, 6.07) is 0. The van der Waals surface area contributed by atoms with Gasteiger partial charge in [-0.3, -0.25) is 0 Å². The smallest absolute Gasteiger partial charge is 0.196 e. The monoisotopic (exact) mass is 172 g/mol. The largest absolute Gasteiger partial charge is 0.385 e. The van der Waals surface area contributed by atoms with Crippen LogP contribution in [0.3, 0.4) is 0 Å². The van der Waals surface area contributed by atoms with E-state index in [1.54, 1.807) is 0 Å². The quantitative estimate of drug-likeness (QED) is 0.299. The van der Waals surface area contributed by atoms with Crippen LogP contribution in [-0.2, 0) is 0 Å². The minimum atomic E-state index is -2.24. The lowest BCUT2D eigenvalue weighted by molar-refractivity contribution is -0.227. The van der Waals surface area contributed by atoms with E-state index in [0.29, 0.717) is 0 Å². The second-order valence-electron chi connectivity index (χ2n) is 3.05. The molecule has 0 radical (unpaired) electrons. The van der Waals surface area contributed by atoms with E-state index in [1.165, 1.54) is 12.2 Å². The standard InChI is InChI=1S/C8H12O4/c1-7(10,11)8(12)4-2-6(9)3-5-8/h2-6,9-12H,1H3. The number of aliphatic hydroxyl groups is 4. The van der Waals surface area contributed by atoms with Crippen molar-refractivity contribution in [3.63, 3.8) is 0 Å². The molecule has 0 heterocycles. The summed E-state index contributed by atoms with van der Waals surface area (Å²) in [5, 5.41) is 36.7. The number of rotatable bonds is 1. The first-order valence-corrected chi connectivity index (χ1v) is 3.59. The predicted molar refractivity (Wildman–Crippen MR) is 42.1 cm³/mol. The van der Waals surface area contributed by atoms with Crippen molar-refractivity contribution >= 4 is 0 Å². The summed E-state index contributed by atoms with van der Waals surface area (Å²) in [5.41, 5.74) is -1.81. The zero-order chi connectivity index (χ0) is 9.41. The average Bonchev–Trinajstić information content (AvgIpc) is 1.93. The number of aliphatic hydroxyl groups excluding tert-OH is 1. The molecule has 0 fully saturated rings. The summed E-state index contributed by atoms with van der Waals surface area (Å²) in [5.74, 6) is -2.24. The van der Waals surface area contributed by atoms with Gasteiger partial charge in [0.25, 0.3) is 0 Å². The Morgan fingerprint density at radius 2 is 1.67 bits per heavy atom. The molecular weight excluding hydrogens is 160 g/mol. The highest BCUT2D eigenvalue weighted by Gasteiger charge is 2.41. The summed E-state index contributed by atoms with van der Waals surface area (Å²) in [6.07, 6.45) is 4.10. The molecule has 0 amide bonds. The molecule has 0 unspecified atom stereocenters. The highest BCUT2D eigenvalue weighted by Crippen LogP contribution is 2.25. The Hall–Kier alpha value is -0.680. The molecule has 0 bridgehead atoms. The molecule has 0 aromatic heterocycles. The molecule has 0 saturated carbocycles. The highest BCUT2D eigenvalue weighted by atomic mass is 16.5. The molecule has 1 aliphatic rings. The van der Waals surface area contributed by atoms with Crippen LogP contribution in [0, 0.1) is 0 Å². The van der Waals surface area contributed by atoms with Crippen molar-refractivity contribution in [3.05, 3.63) is 24.3 Å². The number of hydrogen-bond donors (Lipinski definition) is 4. The van der Waals surface area contributed by atoms with Gasteiger partial charge in [-0.2, -0.15) is 0 Å². The van der Waals surface area contributed by atoms with Crippen LogP contribution < -0.4 is 0 Å². The third-order valence-electron chi connectivity index (χ3n) is 1.85. The molecule has 0 aromatic carbocycles. The maximum atomic E-state index is 9.54. The van der Waals surface area contributed by atoms with E-state index in [0.717, 1.165) is 19.1 Å². The van der Waals surface area contributed by atoms with Gasteiger partial charge < -0.3 is 20.4 Å². The molecule has 0 aliphatic heterocycles. The Morgan fingerprint density at radius 3 is 2.00 bits per heavy atom. The molecule has 4 N–H and O–H groups in total. The fourth-order valence-corrected chi connectivity index (χ4v) is 0.926. The van der Waals surface area contributed by atoms with Gasteiger partial charge in [0.2, 0.25) is 0 Å². The van der Waals surface area contributed by atoms with E-state index in [-0.39, 0.29) is 0 Å². The van der Waals surface area contributed by atoms with Crippen LogP contribution in [0.1, 0.15) is 6.92 Å². The molecule has 1 aliphatic carbocycles. The molecule has 0 saturated heterocycles. The first-order chi connectivity index (χ1) is 5.35. The Bertz CT molecular complexity index is 210. The molecule has 0 atom stereocenters. The van der Waals surface area contributed by atoms with Crippen LogP contribution in [0.4, 0.5) is 0 Å². The van der Waals surface area contributed by atoms with Crippen LogP contribution in [0.25, 0.3) is 0 Å². The highest BCUT2D eigenvalue weighted by molar-refractivity contribution is 5.26. The first-order valence-electron chi connectivity index (χ1n) is 3.59. The van der Waals surface area contributed by atoms with Gasteiger partial charge in [-0.25, -0.2) is 0 Å². The van der Waals surface area contributed by atoms with Gasteiger partial charge in [-0.15, -0.1) is 0 Å². The third-order valence-corrected chi connectivity index (χ3v) is 1.85. The summed E-state index contributed by atoms with van der Waals surface area (Å²) in [6.45, 7) is 1.07. The number of hydrogen-bond acceptors (Lipinski definition) is 4. The SMILES string of the molecule is CC(O)(O)C1(O)C=CC(O)C=C1. The molecule has 4 nitrogen and oxygen atoms in total. The lowest BCUT2D eigenvalue weighted by atomic mass is 9.89. The lowest BCUT2D eigenvalue weighted by Crippen LogP contribution is -2.50. The van der Waals surface area contributed by atoms with Gasteiger partial charge in [-0.05, 0) is 19.1 Å². The van der Waals surface area contributed by atoms with Gasteiger partial charge in [0.1, 0.15) is 0 Å². The van der Waals surface area contributed by atoms with Gasteiger partial charge in [0.05, 0.1) is 6.10 Å². The Morgan fingerprint density at radius 1 is 1.25 bits per heavy atom. The first kappa shape index (κ1) is 9.41. The molecule has 68 valence electrons. The molecular formula is C8H12O4. The second kappa shape index (κ2) is 2.67. The zero-order valence-electron chi connectivity index (χ0n) is 6.68. The zero-order valence-corrected chi connectivity index (χ0v) is 6.68. The third kappa shape index (κ3) is 1.56. The van der Waals surface area contributed by atoms with Crippen LogP contribution >= 0.6 is 0 Å². The second-order valence-corrected chi connectivity index (χ2v) is 3.05. The normalized spacial score (nSPS) is 35.6. The van der Waals surface area contributed by atoms with Crippen molar-refractivity contribution in [2.75, 3.05) is 0 Å². The Labute approximate surface area is 70.1 Å². The van der Waals surface area contributed by atoms with Crippen molar-refractivity contribution < 1.29 is 20.4 Å². The van der Waals surface area contributed by atoms with Crippen molar-refractivity contribution in [2.45, 2.75) is 24.4 Å². The van der Waals surface area contributed by atoms with Gasteiger partial charge in [0.15, 0.2) is 11.4 Å². The summed E-state index contributed by atoms with van der Waals surface area (Å²) in [4.78, 5) is 0. The minimum absolute atomic E-state index is 0.771. The van der Waals surface area contributed by atoms with E-state index in [2.05, 4.69) is 0 Å².